The maximum atomic E-state index is 12.5. The zero-order valence-electron chi connectivity index (χ0n) is 10.0. The summed E-state index contributed by atoms with van der Waals surface area (Å²) in [6, 6.07) is 2.65. The van der Waals surface area contributed by atoms with Crippen LogP contribution in [-0.2, 0) is 12.1 Å². The van der Waals surface area contributed by atoms with Crippen molar-refractivity contribution in [2.24, 2.45) is 0 Å². The lowest BCUT2D eigenvalue weighted by Crippen LogP contribution is -2.13. The Bertz CT molecular complexity index is 675. The van der Waals surface area contributed by atoms with E-state index in [-0.39, 0.29) is 21.5 Å². The summed E-state index contributed by atoms with van der Waals surface area (Å²) < 4.78 is 41.1. The van der Waals surface area contributed by atoms with E-state index < -0.39 is 17.6 Å². The molecule has 0 bridgehead atoms. The second kappa shape index (κ2) is 6.17. The number of halogens is 5. The molecule has 0 saturated heterocycles. The van der Waals surface area contributed by atoms with Gasteiger partial charge in [-0.05, 0) is 29.7 Å². The normalized spacial score (nSPS) is 11.5. The standard InChI is InChI=1S/C11H6Cl2F3N3OS/c12-4-8-9(21-19-18-8)10(20)17-7-2-1-5(3-6(7)13)11(14,15)16/h1-3H,4H2,(H,17,20). The van der Waals surface area contributed by atoms with Crippen LogP contribution in [0.3, 0.4) is 0 Å². The Morgan fingerprint density at radius 2 is 2.10 bits per heavy atom. The van der Waals surface area contributed by atoms with Gasteiger partial charge >= 0.3 is 6.18 Å². The Hall–Kier alpha value is -1.38. The van der Waals surface area contributed by atoms with Gasteiger partial charge in [-0.3, -0.25) is 4.79 Å². The number of nitrogens with one attached hydrogen (secondary N) is 1. The minimum Gasteiger partial charge on any atom is -0.320 e. The van der Waals surface area contributed by atoms with Gasteiger partial charge in [0.15, 0.2) is 0 Å². The topological polar surface area (TPSA) is 54.9 Å². The monoisotopic (exact) mass is 355 g/mol. The van der Waals surface area contributed by atoms with Crippen LogP contribution >= 0.6 is 34.7 Å². The molecule has 0 unspecified atom stereocenters. The summed E-state index contributed by atoms with van der Waals surface area (Å²) in [7, 11) is 0. The molecule has 1 heterocycles. The zero-order chi connectivity index (χ0) is 15.6. The predicted octanol–water partition coefficient (Wildman–Crippen LogP) is 4.20. The first-order chi connectivity index (χ1) is 9.82. The van der Waals surface area contributed by atoms with E-state index >= 15 is 0 Å². The van der Waals surface area contributed by atoms with Crippen LogP contribution in [0.2, 0.25) is 5.02 Å². The van der Waals surface area contributed by atoms with Crippen molar-refractivity contribution >= 4 is 46.3 Å². The van der Waals surface area contributed by atoms with Gasteiger partial charge in [0.05, 0.1) is 22.2 Å². The highest BCUT2D eigenvalue weighted by atomic mass is 35.5. The minimum absolute atomic E-state index is 0.00000295. The van der Waals surface area contributed by atoms with Crippen molar-refractivity contribution in [3.05, 3.63) is 39.4 Å². The quantitative estimate of drug-likeness (QED) is 0.839. The molecule has 21 heavy (non-hydrogen) atoms. The van der Waals surface area contributed by atoms with Crippen molar-refractivity contribution in [3.8, 4) is 0 Å². The molecule has 0 spiro atoms. The SMILES string of the molecule is O=C(Nc1ccc(C(F)(F)F)cc1Cl)c1snnc1CCl. The summed E-state index contributed by atoms with van der Waals surface area (Å²) in [5.74, 6) is -0.581. The van der Waals surface area contributed by atoms with Gasteiger partial charge in [0, 0.05) is 0 Å². The first-order valence-corrected chi connectivity index (χ1v) is 7.07. The fraction of sp³-hybridized carbons (Fsp3) is 0.182. The number of anilines is 1. The molecule has 1 amide bonds. The molecule has 2 rings (SSSR count). The van der Waals surface area contributed by atoms with Gasteiger partial charge < -0.3 is 5.32 Å². The summed E-state index contributed by atoms with van der Waals surface area (Å²) in [6.07, 6.45) is -4.50. The fourth-order valence-corrected chi connectivity index (χ4v) is 2.51. The first-order valence-electron chi connectivity index (χ1n) is 5.38. The third kappa shape index (κ3) is 3.63. The van der Waals surface area contributed by atoms with Gasteiger partial charge in [0.2, 0.25) is 0 Å². The number of carbonyl (C=O) groups excluding carboxylic acids is 1. The van der Waals surface area contributed by atoms with E-state index in [1.165, 1.54) is 0 Å². The number of amides is 1. The summed E-state index contributed by atoms with van der Waals surface area (Å²) in [5, 5.41) is 5.84. The number of rotatable bonds is 3. The number of alkyl halides is 4. The molecule has 10 heteroatoms. The average molecular weight is 356 g/mol. The molecule has 4 nitrogen and oxygen atoms in total. The van der Waals surface area contributed by atoms with Gasteiger partial charge in [0.1, 0.15) is 10.6 Å². The van der Waals surface area contributed by atoms with E-state index in [0.29, 0.717) is 5.69 Å². The largest absolute Gasteiger partial charge is 0.416 e. The fourth-order valence-electron chi connectivity index (χ4n) is 1.44. The molecule has 0 aliphatic heterocycles. The molecule has 0 aliphatic rings. The van der Waals surface area contributed by atoms with Gasteiger partial charge in [-0.2, -0.15) is 13.2 Å². The van der Waals surface area contributed by atoms with E-state index in [1.807, 2.05) is 0 Å². The van der Waals surface area contributed by atoms with Crippen molar-refractivity contribution in [2.75, 3.05) is 5.32 Å². The van der Waals surface area contributed by atoms with Crippen LogP contribution in [0.25, 0.3) is 0 Å². The van der Waals surface area contributed by atoms with E-state index in [9.17, 15) is 18.0 Å². The molecule has 1 aromatic carbocycles. The molecular formula is C11H6Cl2F3N3OS. The third-order valence-electron chi connectivity index (χ3n) is 2.43. The van der Waals surface area contributed by atoms with Crippen molar-refractivity contribution in [1.29, 1.82) is 0 Å². The van der Waals surface area contributed by atoms with Crippen LogP contribution in [0.5, 0.6) is 0 Å². The molecule has 0 atom stereocenters. The van der Waals surface area contributed by atoms with Crippen molar-refractivity contribution < 1.29 is 18.0 Å². The smallest absolute Gasteiger partial charge is 0.320 e. The first kappa shape index (κ1) is 16.0. The number of carbonyl (C=O) groups is 1. The maximum absolute atomic E-state index is 12.5. The summed E-state index contributed by atoms with van der Waals surface area (Å²) in [4.78, 5) is 12.2. The lowest BCUT2D eigenvalue weighted by atomic mass is 10.2. The molecule has 112 valence electrons. The Balaban J connectivity index is 2.22. The molecule has 0 radical (unpaired) electrons. The number of nitrogens with zero attached hydrogens (tertiary/aromatic N) is 2. The highest BCUT2D eigenvalue weighted by Gasteiger charge is 2.31. The summed E-state index contributed by atoms with van der Waals surface area (Å²) >= 11 is 12.2. The van der Waals surface area contributed by atoms with E-state index in [4.69, 9.17) is 23.2 Å². The third-order valence-corrected chi connectivity index (χ3v) is 3.77. The van der Waals surface area contributed by atoms with E-state index in [1.54, 1.807) is 0 Å². The van der Waals surface area contributed by atoms with E-state index in [0.717, 1.165) is 29.7 Å². The highest BCUT2D eigenvalue weighted by Crippen LogP contribution is 2.34. The highest BCUT2D eigenvalue weighted by molar-refractivity contribution is 7.08. The Morgan fingerprint density at radius 3 is 2.67 bits per heavy atom. The Kier molecular flexibility index (Phi) is 4.70. The van der Waals surface area contributed by atoms with Crippen LogP contribution in [0.4, 0.5) is 18.9 Å². The van der Waals surface area contributed by atoms with Crippen molar-refractivity contribution in [1.82, 2.24) is 9.59 Å². The van der Waals surface area contributed by atoms with Crippen LogP contribution in [-0.4, -0.2) is 15.5 Å². The lowest BCUT2D eigenvalue weighted by molar-refractivity contribution is -0.137. The van der Waals surface area contributed by atoms with Crippen molar-refractivity contribution in [3.63, 3.8) is 0 Å². The average Bonchev–Trinajstić information content (AvgIpc) is 2.88. The second-order valence-electron chi connectivity index (χ2n) is 3.83. The maximum Gasteiger partial charge on any atom is 0.416 e. The molecule has 0 aliphatic carbocycles. The zero-order valence-corrected chi connectivity index (χ0v) is 12.4. The van der Waals surface area contributed by atoms with Crippen LogP contribution in [0, 0.1) is 0 Å². The number of benzene rings is 1. The number of hydrogen-bond donors (Lipinski definition) is 1. The molecular weight excluding hydrogens is 350 g/mol. The molecule has 0 fully saturated rings. The molecule has 2 aromatic rings. The molecule has 1 aromatic heterocycles. The minimum atomic E-state index is -4.50. The number of aromatic nitrogens is 2. The number of hydrogen-bond acceptors (Lipinski definition) is 4. The molecule has 1 N–H and O–H groups in total. The summed E-state index contributed by atoms with van der Waals surface area (Å²) in [5.41, 5.74) is -0.544. The lowest BCUT2D eigenvalue weighted by Gasteiger charge is -2.10. The Morgan fingerprint density at radius 1 is 1.38 bits per heavy atom. The van der Waals surface area contributed by atoms with Crippen LogP contribution in [0.1, 0.15) is 20.9 Å². The Labute approximate surface area is 131 Å². The van der Waals surface area contributed by atoms with E-state index in [2.05, 4.69) is 14.9 Å². The van der Waals surface area contributed by atoms with Crippen LogP contribution in [0.15, 0.2) is 18.2 Å². The second-order valence-corrected chi connectivity index (χ2v) is 5.26. The predicted molar refractivity (Wildman–Crippen MR) is 73.9 cm³/mol. The molecule has 0 saturated carbocycles. The van der Waals surface area contributed by atoms with Gasteiger partial charge in [-0.25, -0.2) is 0 Å². The van der Waals surface area contributed by atoms with Gasteiger partial charge in [-0.1, -0.05) is 16.1 Å². The van der Waals surface area contributed by atoms with Gasteiger partial charge in [0.25, 0.3) is 5.91 Å². The summed E-state index contributed by atoms with van der Waals surface area (Å²) in [6.45, 7) is 0. The van der Waals surface area contributed by atoms with Crippen molar-refractivity contribution in [2.45, 2.75) is 12.1 Å². The van der Waals surface area contributed by atoms with Gasteiger partial charge in [-0.15, -0.1) is 16.7 Å². The van der Waals surface area contributed by atoms with Crippen LogP contribution < -0.4 is 5.32 Å².